The van der Waals surface area contributed by atoms with Crippen molar-refractivity contribution in [3.05, 3.63) is 64.2 Å². The van der Waals surface area contributed by atoms with E-state index in [2.05, 4.69) is 36.5 Å². The van der Waals surface area contributed by atoms with Gasteiger partial charge in [0.25, 0.3) is 0 Å². The zero-order valence-electron chi connectivity index (χ0n) is 10.6. The van der Waals surface area contributed by atoms with Crippen LogP contribution in [0.15, 0.2) is 42.5 Å². The highest BCUT2D eigenvalue weighted by molar-refractivity contribution is 7.80. The van der Waals surface area contributed by atoms with E-state index in [-0.39, 0.29) is 0 Å². The number of aryl methyl sites for hydroxylation is 1. The molecule has 0 aliphatic rings. The Kier molecular flexibility index (Phi) is 4.40. The van der Waals surface area contributed by atoms with Crippen LogP contribution in [-0.2, 0) is 6.54 Å². The number of nitrogens with two attached hydrogens (primary N) is 1. The second-order valence-corrected chi connectivity index (χ2v) is 5.25. The summed E-state index contributed by atoms with van der Waals surface area (Å²) < 4.78 is 0. The molecule has 2 aromatic carbocycles. The van der Waals surface area contributed by atoms with Gasteiger partial charge in [0.1, 0.15) is 4.99 Å². The monoisotopic (exact) mass is 290 g/mol. The fourth-order valence-corrected chi connectivity index (χ4v) is 2.09. The van der Waals surface area contributed by atoms with Crippen molar-refractivity contribution in [2.75, 3.05) is 5.32 Å². The first-order valence-corrected chi connectivity index (χ1v) is 6.73. The molecule has 0 aliphatic heterocycles. The topological polar surface area (TPSA) is 38.0 Å². The van der Waals surface area contributed by atoms with Crippen LogP contribution in [0.1, 0.15) is 16.7 Å². The maximum atomic E-state index is 6.19. The molecule has 0 aromatic heterocycles. The summed E-state index contributed by atoms with van der Waals surface area (Å²) in [5, 5.41) is 3.92. The van der Waals surface area contributed by atoms with E-state index in [1.807, 2.05) is 12.1 Å². The Morgan fingerprint density at radius 1 is 1.21 bits per heavy atom. The van der Waals surface area contributed by atoms with Crippen LogP contribution in [0.3, 0.4) is 0 Å². The molecule has 0 saturated heterocycles. The van der Waals surface area contributed by atoms with E-state index in [4.69, 9.17) is 29.6 Å². The van der Waals surface area contributed by atoms with Crippen LogP contribution >= 0.6 is 23.8 Å². The normalized spacial score (nSPS) is 10.2. The first-order valence-electron chi connectivity index (χ1n) is 5.95. The highest BCUT2D eigenvalue weighted by Crippen LogP contribution is 2.23. The highest BCUT2D eigenvalue weighted by Gasteiger charge is 2.03. The Bertz CT molecular complexity index is 594. The van der Waals surface area contributed by atoms with Gasteiger partial charge in [0.15, 0.2) is 0 Å². The lowest BCUT2D eigenvalue weighted by Gasteiger charge is -2.10. The third-order valence-electron chi connectivity index (χ3n) is 2.86. The zero-order chi connectivity index (χ0) is 13.8. The van der Waals surface area contributed by atoms with Crippen molar-refractivity contribution in [1.29, 1.82) is 0 Å². The molecule has 3 N–H and O–H groups in total. The summed E-state index contributed by atoms with van der Waals surface area (Å²) in [4.78, 5) is 0.354. The van der Waals surface area contributed by atoms with Crippen molar-refractivity contribution in [3.63, 3.8) is 0 Å². The van der Waals surface area contributed by atoms with E-state index in [9.17, 15) is 0 Å². The Morgan fingerprint density at radius 2 is 1.89 bits per heavy atom. The van der Waals surface area contributed by atoms with E-state index in [0.717, 1.165) is 17.8 Å². The van der Waals surface area contributed by atoms with Crippen molar-refractivity contribution < 1.29 is 0 Å². The average Bonchev–Trinajstić information content (AvgIpc) is 2.39. The lowest BCUT2D eigenvalue weighted by atomic mass is 10.1. The minimum Gasteiger partial charge on any atom is -0.389 e. The van der Waals surface area contributed by atoms with Crippen LogP contribution in [0.5, 0.6) is 0 Å². The molecule has 0 saturated carbocycles. The fourth-order valence-electron chi connectivity index (χ4n) is 1.71. The molecule has 0 amide bonds. The second-order valence-electron chi connectivity index (χ2n) is 4.40. The molecule has 0 aliphatic carbocycles. The Morgan fingerprint density at radius 3 is 2.47 bits per heavy atom. The molecule has 0 atom stereocenters. The molecule has 4 heteroatoms. The van der Waals surface area contributed by atoms with Crippen molar-refractivity contribution >= 4 is 34.5 Å². The summed E-state index contributed by atoms with van der Waals surface area (Å²) in [6.45, 7) is 2.80. The maximum absolute atomic E-state index is 6.19. The van der Waals surface area contributed by atoms with Gasteiger partial charge in [-0.3, -0.25) is 0 Å². The molecule has 2 rings (SSSR count). The number of hydrogen-bond acceptors (Lipinski definition) is 2. The van der Waals surface area contributed by atoms with E-state index >= 15 is 0 Å². The van der Waals surface area contributed by atoms with Crippen LogP contribution in [0, 0.1) is 6.92 Å². The predicted octanol–water partition coefficient (Wildman–Crippen LogP) is 3.89. The minimum absolute atomic E-state index is 0.354. The van der Waals surface area contributed by atoms with Gasteiger partial charge in [-0.05, 0) is 30.7 Å². The molecule has 98 valence electrons. The van der Waals surface area contributed by atoms with Crippen LogP contribution in [0.2, 0.25) is 5.02 Å². The van der Waals surface area contributed by atoms with E-state index < -0.39 is 0 Å². The Hall–Kier alpha value is -1.58. The minimum atomic E-state index is 0.354. The van der Waals surface area contributed by atoms with E-state index in [1.54, 1.807) is 6.07 Å². The molecule has 19 heavy (non-hydrogen) atoms. The first kappa shape index (κ1) is 13.8. The zero-order valence-corrected chi connectivity index (χ0v) is 12.2. The molecule has 0 unspecified atom stereocenters. The summed E-state index contributed by atoms with van der Waals surface area (Å²) in [6.07, 6.45) is 0. The molecular weight excluding hydrogens is 276 g/mol. The summed E-state index contributed by atoms with van der Waals surface area (Å²) in [6, 6.07) is 13.9. The van der Waals surface area contributed by atoms with Crippen molar-refractivity contribution in [2.24, 2.45) is 5.73 Å². The predicted molar refractivity (Wildman–Crippen MR) is 85.8 cm³/mol. The number of benzene rings is 2. The number of thiocarbonyl (C=S) groups is 1. The number of nitrogens with one attached hydrogen (secondary N) is 1. The van der Waals surface area contributed by atoms with Gasteiger partial charge < -0.3 is 11.1 Å². The van der Waals surface area contributed by atoms with E-state index in [0.29, 0.717) is 10.0 Å². The SMILES string of the molecule is Cc1ccc(CNc2ccc(C(N)=S)cc2Cl)cc1. The second kappa shape index (κ2) is 6.04. The summed E-state index contributed by atoms with van der Waals surface area (Å²) in [5.41, 5.74) is 9.68. The third-order valence-corrected chi connectivity index (χ3v) is 3.41. The van der Waals surface area contributed by atoms with Gasteiger partial charge in [0, 0.05) is 12.1 Å². The molecular formula is C15H15ClN2S. The van der Waals surface area contributed by atoms with Crippen molar-refractivity contribution in [3.8, 4) is 0 Å². The van der Waals surface area contributed by atoms with Gasteiger partial charge in [-0.2, -0.15) is 0 Å². The highest BCUT2D eigenvalue weighted by atomic mass is 35.5. The number of hydrogen-bond donors (Lipinski definition) is 2. The Labute approximate surface area is 123 Å². The molecule has 0 heterocycles. The average molecular weight is 291 g/mol. The summed E-state index contributed by atoms with van der Waals surface area (Å²) in [7, 11) is 0. The van der Waals surface area contributed by atoms with Gasteiger partial charge in [-0.1, -0.05) is 53.6 Å². The fraction of sp³-hybridized carbons (Fsp3) is 0.133. The van der Waals surface area contributed by atoms with Gasteiger partial charge in [0.05, 0.1) is 10.7 Å². The largest absolute Gasteiger partial charge is 0.389 e. The van der Waals surface area contributed by atoms with Gasteiger partial charge in [-0.15, -0.1) is 0 Å². The van der Waals surface area contributed by atoms with Crippen molar-refractivity contribution in [1.82, 2.24) is 0 Å². The van der Waals surface area contributed by atoms with Gasteiger partial charge >= 0.3 is 0 Å². The molecule has 0 fully saturated rings. The molecule has 0 bridgehead atoms. The molecule has 2 nitrogen and oxygen atoms in total. The summed E-state index contributed by atoms with van der Waals surface area (Å²) >= 11 is 11.1. The molecule has 2 aromatic rings. The lowest BCUT2D eigenvalue weighted by Crippen LogP contribution is -2.09. The van der Waals surface area contributed by atoms with Crippen LogP contribution in [0.25, 0.3) is 0 Å². The Balaban J connectivity index is 2.07. The summed E-state index contributed by atoms with van der Waals surface area (Å²) in [5.74, 6) is 0. The lowest BCUT2D eigenvalue weighted by molar-refractivity contribution is 1.14. The maximum Gasteiger partial charge on any atom is 0.104 e. The number of anilines is 1. The van der Waals surface area contributed by atoms with Gasteiger partial charge in [-0.25, -0.2) is 0 Å². The van der Waals surface area contributed by atoms with Crippen LogP contribution in [0.4, 0.5) is 5.69 Å². The molecule has 0 radical (unpaired) electrons. The molecule has 0 spiro atoms. The van der Waals surface area contributed by atoms with Crippen LogP contribution in [-0.4, -0.2) is 4.99 Å². The van der Waals surface area contributed by atoms with Crippen LogP contribution < -0.4 is 11.1 Å². The smallest absolute Gasteiger partial charge is 0.104 e. The third kappa shape index (κ3) is 3.69. The quantitative estimate of drug-likeness (QED) is 0.839. The van der Waals surface area contributed by atoms with Gasteiger partial charge in [0.2, 0.25) is 0 Å². The van der Waals surface area contributed by atoms with Crippen molar-refractivity contribution in [2.45, 2.75) is 13.5 Å². The first-order chi connectivity index (χ1) is 9.06. The number of rotatable bonds is 4. The number of halogens is 1. The van der Waals surface area contributed by atoms with E-state index in [1.165, 1.54) is 11.1 Å². The standard InChI is InChI=1S/C15H15ClN2S/c1-10-2-4-11(5-3-10)9-18-14-7-6-12(15(17)19)8-13(14)16/h2-8,18H,9H2,1H3,(H2,17,19).